The molecule has 3 aromatic heterocycles. The second-order valence-corrected chi connectivity index (χ2v) is 11.9. The SMILES string of the molecule is CCCc1ccncc1N1CCCCC1.CCN(CC)c1cnccc1CC(C)C.COc1cnccc1CC(C)C. The Bertz CT molecular complexity index is 1120. The summed E-state index contributed by atoms with van der Waals surface area (Å²) in [6.45, 7) is 20.0. The maximum Gasteiger partial charge on any atom is 0.140 e. The Morgan fingerprint density at radius 1 is 0.738 bits per heavy atom. The Kier molecular flexibility index (Phi) is 16.6. The smallest absolute Gasteiger partial charge is 0.140 e. The maximum absolute atomic E-state index is 5.18. The van der Waals surface area contributed by atoms with Crippen molar-refractivity contribution < 1.29 is 4.74 Å². The molecule has 0 spiro atoms. The van der Waals surface area contributed by atoms with Gasteiger partial charge in [-0.25, -0.2) is 0 Å². The van der Waals surface area contributed by atoms with Crippen LogP contribution in [0.1, 0.15) is 90.8 Å². The zero-order chi connectivity index (χ0) is 30.7. The Balaban J connectivity index is 0.000000222. The van der Waals surface area contributed by atoms with Crippen LogP contribution in [0.25, 0.3) is 0 Å². The third-order valence-electron chi connectivity index (χ3n) is 7.44. The number of aryl methyl sites for hydroxylation is 1. The first-order chi connectivity index (χ1) is 20.3. The van der Waals surface area contributed by atoms with Gasteiger partial charge in [0.1, 0.15) is 5.75 Å². The highest BCUT2D eigenvalue weighted by Crippen LogP contribution is 2.24. The fourth-order valence-electron chi connectivity index (χ4n) is 5.39. The first kappa shape index (κ1) is 35.0. The predicted octanol–water partition coefficient (Wildman–Crippen LogP) is 8.44. The quantitative estimate of drug-likeness (QED) is 0.229. The van der Waals surface area contributed by atoms with Gasteiger partial charge < -0.3 is 14.5 Å². The van der Waals surface area contributed by atoms with E-state index in [1.165, 1.54) is 73.3 Å². The van der Waals surface area contributed by atoms with Crippen molar-refractivity contribution in [1.29, 1.82) is 0 Å². The molecule has 0 N–H and O–H groups in total. The number of aromatic nitrogens is 3. The van der Waals surface area contributed by atoms with E-state index in [1.807, 2.05) is 30.9 Å². The van der Waals surface area contributed by atoms with E-state index in [9.17, 15) is 0 Å². The molecule has 0 aromatic carbocycles. The molecule has 0 aliphatic carbocycles. The molecule has 0 bridgehead atoms. The molecule has 232 valence electrons. The van der Waals surface area contributed by atoms with E-state index in [0.29, 0.717) is 11.8 Å². The molecule has 1 aliphatic rings. The highest BCUT2D eigenvalue weighted by molar-refractivity contribution is 5.52. The van der Waals surface area contributed by atoms with E-state index >= 15 is 0 Å². The summed E-state index contributed by atoms with van der Waals surface area (Å²) >= 11 is 0. The number of hydrogen-bond acceptors (Lipinski definition) is 6. The molecule has 6 heteroatoms. The van der Waals surface area contributed by atoms with Crippen LogP contribution in [0.5, 0.6) is 5.75 Å². The Morgan fingerprint density at radius 3 is 1.86 bits per heavy atom. The lowest BCUT2D eigenvalue weighted by molar-refractivity contribution is 0.404. The molecule has 0 saturated carbocycles. The molecule has 0 unspecified atom stereocenters. The molecular formula is C36H57N5O. The van der Waals surface area contributed by atoms with E-state index < -0.39 is 0 Å². The number of methoxy groups -OCH3 is 1. The molecule has 0 atom stereocenters. The number of pyridine rings is 3. The summed E-state index contributed by atoms with van der Waals surface area (Å²) in [6, 6.07) is 6.33. The number of rotatable bonds is 11. The minimum atomic E-state index is 0.654. The minimum absolute atomic E-state index is 0.654. The average Bonchev–Trinajstić information content (AvgIpc) is 3.00. The maximum atomic E-state index is 5.18. The summed E-state index contributed by atoms with van der Waals surface area (Å²) in [6.07, 6.45) is 20.0. The van der Waals surface area contributed by atoms with Crippen molar-refractivity contribution in [2.24, 2.45) is 11.8 Å². The van der Waals surface area contributed by atoms with E-state index in [4.69, 9.17) is 4.74 Å². The molecule has 4 rings (SSSR count). The second kappa shape index (κ2) is 19.9. The van der Waals surface area contributed by atoms with Crippen molar-refractivity contribution in [3.05, 3.63) is 72.1 Å². The standard InChI is InChI=1S/C13H20N2.C13H22N2.C10H15NO/c1-2-6-12-7-8-14-11-13(12)15-9-4-3-5-10-15;1-5-15(6-2)13-10-14-8-7-12(13)9-11(3)4;1-8(2)6-9-4-5-11-7-10(9)12-3/h7-8,11H,2-6,9-10H2,1H3;7-8,10-11H,5-6,9H2,1-4H3;4-5,7-8H,6H2,1-3H3. The van der Waals surface area contributed by atoms with Crippen LogP contribution in [-0.4, -0.2) is 48.2 Å². The van der Waals surface area contributed by atoms with Gasteiger partial charge in [0.15, 0.2) is 0 Å². The molecule has 3 aromatic rings. The topological polar surface area (TPSA) is 54.4 Å². The van der Waals surface area contributed by atoms with Crippen molar-refractivity contribution in [2.75, 3.05) is 43.1 Å². The summed E-state index contributed by atoms with van der Waals surface area (Å²) in [5.74, 6) is 2.24. The zero-order valence-electron chi connectivity index (χ0n) is 27.8. The summed E-state index contributed by atoms with van der Waals surface area (Å²) in [5.41, 5.74) is 6.80. The number of anilines is 2. The largest absolute Gasteiger partial charge is 0.495 e. The zero-order valence-corrected chi connectivity index (χ0v) is 27.8. The van der Waals surface area contributed by atoms with Crippen LogP contribution in [0, 0.1) is 11.8 Å². The third-order valence-corrected chi connectivity index (χ3v) is 7.44. The monoisotopic (exact) mass is 575 g/mol. The van der Waals surface area contributed by atoms with Crippen LogP contribution in [0.15, 0.2) is 55.4 Å². The van der Waals surface area contributed by atoms with E-state index in [0.717, 1.165) is 31.7 Å². The van der Waals surface area contributed by atoms with Gasteiger partial charge in [-0.2, -0.15) is 0 Å². The molecule has 1 fully saturated rings. The van der Waals surface area contributed by atoms with Crippen LogP contribution in [-0.2, 0) is 19.3 Å². The van der Waals surface area contributed by atoms with Gasteiger partial charge in [-0.05, 0) is 99.1 Å². The first-order valence-corrected chi connectivity index (χ1v) is 16.2. The highest BCUT2D eigenvalue weighted by Gasteiger charge is 2.14. The van der Waals surface area contributed by atoms with E-state index in [1.54, 1.807) is 19.5 Å². The van der Waals surface area contributed by atoms with Gasteiger partial charge in [-0.1, -0.05) is 41.0 Å². The average molecular weight is 576 g/mol. The van der Waals surface area contributed by atoms with Crippen molar-refractivity contribution >= 4 is 11.4 Å². The first-order valence-electron chi connectivity index (χ1n) is 16.2. The Hall–Kier alpha value is -3.15. The molecule has 1 aliphatic heterocycles. The molecule has 0 radical (unpaired) electrons. The predicted molar refractivity (Wildman–Crippen MR) is 180 cm³/mol. The van der Waals surface area contributed by atoms with Crippen LogP contribution < -0.4 is 14.5 Å². The van der Waals surface area contributed by atoms with Crippen LogP contribution in [0.2, 0.25) is 0 Å². The summed E-state index contributed by atoms with van der Waals surface area (Å²) in [4.78, 5) is 17.4. The van der Waals surface area contributed by atoms with Crippen LogP contribution in [0.4, 0.5) is 11.4 Å². The fraction of sp³-hybridized carbons (Fsp3) is 0.583. The van der Waals surface area contributed by atoms with Gasteiger partial charge in [0.05, 0.1) is 37.1 Å². The summed E-state index contributed by atoms with van der Waals surface area (Å²) < 4.78 is 5.18. The van der Waals surface area contributed by atoms with Gasteiger partial charge in [0, 0.05) is 44.8 Å². The summed E-state index contributed by atoms with van der Waals surface area (Å²) in [5, 5.41) is 0. The number of ether oxygens (including phenoxy) is 1. The second-order valence-electron chi connectivity index (χ2n) is 11.9. The van der Waals surface area contributed by atoms with Gasteiger partial charge in [-0.15, -0.1) is 0 Å². The van der Waals surface area contributed by atoms with Crippen molar-refractivity contribution in [1.82, 2.24) is 15.0 Å². The van der Waals surface area contributed by atoms with Gasteiger partial charge in [-0.3, -0.25) is 15.0 Å². The summed E-state index contributed by atoms with van der Waals surface area (Å²) in [7, 11) is 1.68. The van der Waals surface area contributed by atoms with Crippen molar-refractivity contribution in [3.63, 3.8) is 0 Å². The highest BCUT2D eigenvalue weighted by atomic mass is 16.5. The van der Waals surface area contributed by atoms with E-state index in [-0.39, 0.29) is 0 Å². The van der Waals surface area contributed by atoms with Crippen molar-refractivity contribution in [3.8, 4) is 5.75 Å². The molecule has 1 saturated heterocycles. The van der Waals surface area contributed by atoms with Gasteiger partial charge >= 0.3 is 0 Å². The van der Waals surface area contributed by atoms with Crippen molar-refractivity contribution in [2.45, 2.75) is 93.4 Å². The van der Waals surface area contributed by atoms with Gasteiger partial charge in [0.2, 0.25) is 0 Å². The van der Waals surface area contributed by atoms with Gasteiger partial charge in [0.25, 0.3) is 0 Å². The Labute approximate surface area is 257 Å². The number of hydrogen-bond donors (Lipinski definition) is 0. The lowest BCUT2D eigenvalue weighted by Gasteiger charge is -2.30. The third kappa shape index (κ3) is 12.0. The molecular weight excluding hydrogens is 518 g/mol. The van der Waals surface area contributed by atoms with Crippen LogP contribution >= 0.6 is 0 Å². The molecule has 4 heterocycles. The number of nitrogens with zero attached hydrogens (tertiary/aromatic N) is 5. The lowest BCUT2D eigenvalue weighted by Crippen LogP contribution is -2.30. The fourth-order valence-corrected chi connectivity index (χ4v) is 5.39. The number of piperidine rings is 1. The molecule has 0 amide bonds. The minimum Gasteiger partial charge on any atom is -0.495 e. The van der Waals surface area contributed by atoms with Crippen LogP contribution in [0.3, 0.4) is 0 Å². The normalized spacial score (nSPS) is 12.8. The van der Waals surface area contributed by atoms with E-state index in [2.05, 4.69) is 85.4 Å². The molecule has 6 nitrogen and oxygen atoms in total. The Morgan fingerprint density at radius 2 is 1.29 bits per heavy atom. The molecule has 42 heavy (non-hydrogen) atoms. The lowest BCUT2D eigenvalue weighted by atomic mass is 10.0.